The lowest BCUT2D eigenvalue weighted by Crippen LogP contribution is -2.28. The van der Waals surface area contributed by atoms with Crippen molar-refractivity contribution in [2.24, 2.45) is 0 Å². The molecule has 0 saturated heterocycles. The zero-order valence-electron chi connectivity index (χ0n) is 16.4. The van der Waals surface area contributed by atoms with Gasteiger partial charge in [-0.3, -0.25) is 4.90 Å². The van der Waals surface area contributed by atoms with Gasteiger partial charge in [-0.15, -0.1) is 0 Å². The summed E-state index contributed by atoms with van der Waals surface area (Å²) in [7, 11) is 2.23. The molecule has 144 valence electrons. The highest BCUT2D eigenvalue weighted by atomic mass is 15.1. The molecule has 2 aliphatic rings. The Morgan fingerprint density at radius 1 is 1.18 bits per heavy atom. The summed E-state index contributed by atoms with van der Waals surface area (Å²) in [6, 6.07) is 9.58. The molecule has 2 aromatic heterocycles. The second-order valence-electron chi connectivity index (χ2n) is 8.06. The Labute approximate surface area is 164 Å². The Hall–Kier alpha value is -2.86. The second-order valence-corrected chi connectivity index (χ2v) is 8.06. The number of hydrogen-bond acceptors (Lipinski definition) is 5. The van der Waals surface area contributed by atoms with Crippen LogP contribution in [0.15, 0.2) is 36.4 Å². The third-order valence-corrected chi connectivity index (χ3v) is 5.97. The van der Waals surface area contributed by atoms with E-state index in [4.69, 9.17) is 5.73 Å². The molecule has 6 nitrogen and oxygen atoms in total. The van der Waals surface area contributed by atoms with Gasteiger partial charge in [0.15, 0.2) is 5.65 Å². The summed E-state index contributed by atoms with van der Waals surface area (Å²) in [6.07, 6.45) is 7.84. The number of nitrogens with two attached hydrogens (primary N) is 1. The van der Waals surface area contributed by atoms with E-state index in [9.17, 15) is 0 Å². The summed E-state index contributed by atoms with van der Waals surface area (Å²) < 4.78 is 0. The first-order valence-corrected chi connectivity index (χ1v) is 9.93. The van der Waals surface area contributed by atoms with Crippen LogP contribution in [0, 0.1) is 6.92 Å². The molecule has 6 heteroatoms. The van der Waals surface area contributed by atoms with E-state index >= 15 is 0 Å². The van der Waals surface area contributed by atoms with Crippen molar-refractivity contribution in [3.63, 3.8) is 0 Å². The van der Waals surface area contributed by atoms with Gasteiger partial charge in [-0.05, 0) is 56.5 Å². The maximum Gasteiger partial charge on any atom is 0.180 e. The molecule has 5 rings (SSSR count). The molecule has 0 bridgehead atoms. The largest absolute Gasteiger partial charge is 0.384 e. The minimum Gasteiger partial charge on any atom is -0.384 e. The third kappa shape index (κ3) is 3.03. The Morgan fingerprint density at radius 3 is 2.82 bits per heavy atom. The maximum absolute atomic E-state index is 6.04. The lowest BCUT2D eigenvalue weighted by molar-refractivity contribution is 0.243. The second kappa shape index (κ2) is 6.63. The fourth-order valence-corrected chi connectivity index (χ4v) is 4.50. The molecule has 0 radical (unpaired) electrons. The lowest BCUT2D eigenvalue weighted by atomic mass is 10.0. The van der Waals surface area contributed by atoms with E-state index in [-0.39, 0.29) is 6.04 Å². The average molecular weight is 374 g/mol. The van der Waals surface area contributed by atoms with Gasteiger partial charge in [0.1, 0.15) is 11.6 Å². The number of rotatable bonds is 4. The molecule has 1 atom stereocenters. The molecule has 1 unspecified atom stereocenters. The van der Waals surface area contributed by atoms with Crippen molar-refractivity contribution in [2.75, 3.05) is 18.1 Å². The van der Waals surface area contributed by atoms with Crippen molar-refractivity contribution in [3.05, 3.63) is 58.9 Å². The first-order chi connectivity index (χ1) is 13.6. The van der Waals surface area contributed by atoms with Crippen molar-refractivity contribution in [3.8, 4) is 0 Å². The van der Waals surface area contributed by atoms with Crippen molar-refractivity contribution in [1.82, 2.24) is 19.9 Å². The SMILES string of the molecule is Cc1nc2nc(N)cc(C3Cc4cc(CN(C)C5CC=CC5)ccc4N3)c2[nH]1. The highest BCUT2D eigenvalue weighted by molar-refractivity contribution is 5.79. The van der Waals surface area contributed by atoms with Crippen LogP contribution in [0.4, 0.5) is 11.5 Å². The summed E-state index contributed by atoms with van der Waals surface area (Å²) >= 11 is 0. The molecule has 3 heterocycles. The summed E-state index contributed by atoms with van der Waals surface area (Å²) in [5, 5.41) is 3.66. The lowest BCUT2D eigenvalue weighted by Gasteiger charge is -2.24. The van der Waals surface area contributed by atoms with Crippen LogP contribution >= 0.6 is 0 Å². The number of aryl methyl sites for hydroxylation is 1. The number of H-pyrrole nitrogens is 1. The highest BCUT2D eigenvalue weighted by Crippen LogP contribution is 2.37. The molecular formula is C22H26N6. The highest BCUT2D eigenvalue weighted by Gasteiger charge is 2.26. The normalized spacial score (nSPS) is 18.9. The molecule has 0 fully saturated rings. The number of nitrogen functional groups attached to an aromatic ring is 1. The van der Waals surface area contributed by atoms with E-state index in [0.29, 0.717) is 17.5 Å². The number of nitrogens with zero attached hydrogens (tertiary/aromatic N) is 3. The standard InChI is InChI=1S/C22H26N6/c1-13-24-21-17(11-20(23)27-22(21)25-13)19-10-15-9-14(7-8-18(15)26-19)12-28(2)16-5-3-4-6-16/h3-4,7-9,11,16,19,26H,5-6,10,12H2,1-2H3,(H3,23,24,25,27). The number of anilines is 2. The van der Waals surface area contributed by atoms with Crippen molar-refractivity contribution in [1.29, 1.82) is 0 Å². The monoisotopic (exact) mass is 374 g/mol. The summed E-state index contributed by atoms with van der Waals surface area (Å²) in [6.45, 7) is 2.93. The van der Waals surface area contributed by atoms with E-state index in [1.807, 2.05) is 13.0 Å². The van der Waals surface area contributed by atoms with Crippen LogP contribution in [-0.2, 0) is 13.0 Å². The van der Waals surface area contributed by atoms with Crippen LogP contribution < -0.4 is 11.1 Å². The van der Waals surface area contributed by atoms with Gasteiger partial charge in [-0.2, -0.15) is 0 Å². The van der Waals surface area contributed by atoms with Crippen molar-refractivity contribution < 1.29 is 0 Å². The molecule has 0 spiro atoms. The predicted molar refractivity (Wildman–Crippen MR) is 113 cm³/mol. The topological polar surface area (TPSA) is 82.9 Å². The molecular weight excluding hydrogens is 348 g/mol. The number of nitrogens with one attached hydrogen (secondary N) is 2. The summed E-state index contributed by atoms with van der Waals surface area (Å²) in [5.41, 5.74) is 12.8. The van der Waals surface area contributed by atoms with Crippen LogP contribution in [-0.4, -0.2) is 32.9 Å². The molecule has 3 aromatic rings. The number of pyridine rings is 1. The van der Waals surface area contributed by atoms with Crippen molar-refractivity contribution >= 4 is 22.7 Å². The predicted octanol–water partition coefficient (Wildman–Crippen LogP) is 3.71. The van der Waals surface area contributed by atoms with E-state index in [1.54, 1.807) is 0 Å². The van der Waals surface area contributed by atoms with Crippen LogP contribution in [0.2, 0.25) is 0 Å². The smallest absolute Gasteiger partial charge is 0.180 e. The van der Waals surface area contributed by atoms with E-state index in [0.717, 1.165) is 42.7 Å². The van der Waals surface area contributed by atoms with Gasteiger partial charge < -0.3 is 16.0 Å². The minimum absolute atomic E-state index is 0.176. The first kappa shape index (κ1) is 17.3. The Balaban J connectivity index is 1.39. The molecule has 1 aliphatic heterocycles. The van der Waals surface area contributed by atoms with E-state index in [2.05, 4.69) is 62.6 Å². The zero-order chi connectivity index (χ0) is 19.3. The van der Waals surface area contributed by atoms with Gasteiger partial charge in [-0.25, -0.2) is 9.97 Å². The summed E-state index contributed by atoms with van der Waals surface area (Å²) in [5.74, 6) is 1.37. The van der Waals surface area contributed by atoms with Gasteiger partial charge in [0, 0.05) is 23.8 Å². The van der Waals surface area contributed by atoms with Crippen LogP contribution in [0.3, 0.4) is 0 Å². The number of aromatic amines is 1. The van der Waals surface area contributed by atoms with E-state index in [1.165, 1.54) is 16.8 Å². The number of hydrogen-bond donors (Lipinski definition) is 3. The minimum atomic E-state index is 0.176. The van der Waals surface area contributed by atoms with Gasteiger partial charge in [0.25, 0.3) is 0 Å². The fourth-order valence-electron chi connectivity index (χ4n) is 4.50. The molecule has 1 aromatic carbocycles. The Morgan fingerprint density at radius 2 is 2.00 bits per heavy atom. The average Bonchev–Trinajstić information content (AvgIpc) is 3.39. The quantitative estimate of drug-likeness (QED) is 0.607. The first-order valence-electron chi connectivity index (χ1n) is 9.93. The Bertz CT molecular complexity index is 1060. The van der Waals surface area contributed by atoms with Gasteiger partial charge in [0.05, 0.1) is 11.6 Å². The number of aromatic nitrogens is 3. The van der Waals surface area contributed by atoms with Crippen LogP contribution in [0.5, 0.6) is 0 Å². The van der Waals surface area contributed by atoms with Gasteiger partial charge in [-0.1, -0.05) is 24.3 Å². The third-order valence-electron chi connectivity index (χ3n) is 5.97. The van der Waals surface area contributed by atoms with Gasteiger partial charge >= 0.3 is 0 Å². The molecule has 1 aliphatic carbocycles. The van der Waals surface area contributed by atoms with Crippen LogP contribution in [0.1, 0.15) is 41.4 Å². The molecule has 0 amide bonds. The van der Waals surface area contributed by atoms with Crippen molar-refractivity contribution in [2.45, 2.75) is 44.8 Å². The number of fused-ring (bicyclic) bond motifs is 2. The summed E-state index contributed by atoms with van der Waals surface area (Å²) in [4.78, 5) is 14.6. The Kier molecular flexibility index (Phi) is 4.09. The zero-order valence-corrected chi connectivity index (χ0v) is 16.4. The fraction of sp³-hybridized carbons (Fsp3) is 0.364. The number of imidazole rings is 1. The van der Waals surface area contributed by atoms with Gasteiger partial charge in [0.2, 0.25) is 0 Å². The van der Waals surface area contributed by atoms with Crippen LogP contribution in [0.25, 0.3) is 11.2 Å². The molecule has 4 N–H and O–H groups in total. The van der Waals surface area contributed by atoms with E-state index < -0.39 is 0 Å². The maximum atomic E-state index is 6.04. The molecule has 28 heavy (non-hydrogen) atoms. The molecule has 0 saturated carbocycles. The number of benzene rings is 1.